The Hall–Kier alpha value is -1.97. The van der Waals surface area contributed by atoms with E-state index in [2.05, 4.69) is 5.32 Å². The summed E-state index contributed by atoms with van der Waals surface area (Å²) in [5.41, 5.74) is 0.0346. The zero-order chi connectivity index (χ0) is 15.6. The number of amides is 1. The summed E-state index contributed by atoms with van der Waals surface area (Å²) in [5, 5.41) is 16.3. The molecule has 21 heavy (non-hydrogen) atoms. The largest absolute Gasteiger partial charge is 0.479 e. The average Bonchev–Trinajstić information content (AvgIpc) is 2.88. The van der Waals surface area contributed by atoms with E-state index in [1.807, 2.05) is 0 Å². The Labute approximate surface area is 120 Å². The highest BCUT2D eigenvalue weighted by molar-refractivity contribution is 7.89. The maximum Gasteiger partial charge on any atom is 0.332 e. The van der Waals surface area contributed by atoms with Gasteiger partial charge in [-0.25, -0.2) is 18.4 Å². The van der Waals surface area contributed by atoms with Gasteiger partial charge in [0.1, 0.15) is 11.0 Å². The molecule has 1 aliphatic heterocycles. The van der Waals surface area contributed by atoms with Crippen LogP contribution in [-0.4, -0.2) is 37.6 Å². The van der Waals surface area contributed by atoms with Crippen LogP contribution in [0.15, 0.2) is 29.2 Å². The van der Waals surface area contributed by atoms with Gasteiger partial charge in [-0.05, 0) is 25.0 Å². The molecular weight excluding hydrogens is 300 g/mol. The number of nitrogens with one attached hydrogen (secondary N) is 1. The van der Waals surface area contributed by atoms with E-state index in [1.165, 1.54) is 18.2 Å². The number of carbonyl (C=O) groups is 2. The van der Waals surface area contributed by atoms with Crippen LogP contribution in [0.5, 0.6) is 0 Å². The van der Waals surface area contributed by atoms with Crippen LogP contribution in [0.4, 0.5) is 5.69 Å². The van der Waals surface area contributed by atoms with Crippen LogP contribution < -0.4 is 10.5 Å². The van der Waals surface area contributed by atoms with Gasteiger partial charge in [0.25, 0.3) is 5.91 Å². The van der Waals surface area contributed by atoms with Gasteiger partial charge < -0.3 is 15.2 Å². The summed E-state index contributed by atoms with van der Waals surface area (Å²) in [6, 6.07) is 5.67. The zero-order valence-electron chi connectivity index (χ0n) is 10.9. The lowest BCUT2D eigenvalue weighted by Gasteiger charge is -2.13. The number of ether oxygens (including phenoxy) is 1. The van der Waals surface area contributed by atoms with E-state index in [0.717, 1.165) is 0 Å². The van der Waals surface area contributed by atoms with Gasteiger partial charge in [-0.3, -0.25) is 4.79 Å². The summed E-state index contributed by atoms with van der Waals surface area (Å²) >= 11 is 0. The van der Waals surface area contributed by atoms with E-state index in [0.29, 0.717) is 0 Å². The number of carboxylic acid groups (broad SMARTS) is 1. The molecule has 0 aromatic heterocycles. The Morgan fingerprint density at radius 2 is 1.86 bits per heavy atom. The normalized spacial score (nSPS) is 22.0. The summed E-state index contributed by atoms with van der Waals surface area (Å²) in [6.45, 7) is 0. The molecule has 2 atom stereocenters. The predicted octanol–water partition coefficient (Wildman–Crippen LogP) is -0.0953. The fourth-order valence-corrected chi connectivity index (χ4v) is 2.74. The lowest BCUT2D eigenvalue weighted by Crippen LogP contribution is -2.30. The number of primary sulfonamides is 1. The minimum Gasteiger partial charge on any atom is -0.479 e. The number of benzene rings is 1. The Morgan fingerprint density at radius 1 is 1.24 bits per heavy atom. The molecule has 0 radical (unpaired) electrons. The Morgan fingerprint density at radius 3 is 2.43 bits per heavy atom. The number of para-hydroxylation sites is 1. The molecule has 1 saturated heterocycles. The maximum atomic E-state index is 12.0. The molecule has 0 spiro atoms. The molecule has 2 rings (SSSR count). The molecule has 0 bridgehead atoms. The Bertz CT molecular complexity index is 672. The third-order valence-corrected chi connectivity index (χ3v) is 4.01. The zero-order valence-corrected chi connectivity index (χ0v) is 11.7. The summed E-state index contributed by atoms with van der Waals surface area (Å²) in [5.74, 6) is -1.73. The van der Waals surface area contributed by atoms with E-state index in [9.17, 15) is 18.0 Å². The second kappa shape index (κ2) is 5.80. The Kier molecular flexibility index (Phi) is 4.26. The number of sulfonamides is 1. The number of aliphatic carboxylic acids is 1. The van der Waals surface area contributed by atoms with Crippen LogP contribution in [-0.2, 0) is 24.3 Å². The summed E-state index contributed by atoms with van der Waals surface area (Å²) in [6.07, 6.45) is -1.47. The number of anilines is 1. The van der Waals surface area contributed by atoms with E-state index >= 15 is 0 Å². The molecule has 1 heterocycles. The summed E-state index contributed by atoms with van der Waals surface area (Å²) in [7, 11) is -3.98. The van der Waals surface area contributed by atoms with Gasteiger partial charge in [0.05, 0.1) is 5.69 Å². The number of carbonyl (C=O) groups excluding carboxylic acids is 1. The van der Waals surface area contributed by atoms with Gasteiger partial charge in [-0.2, -0.15) is 0 Å². The van der Waals surface area contributed by atoms with Crippen molar-refractivity contribution in [2.24, 2.45) is 5.14 Å². The molecule has 1 aliphatic rings. The molecule has 8 nitrogen and oxygen atoms in total. The van der Waals surface area contributed by atoms with Crippen molar-refractivity contribution in [2.75, 3.05) is 5.32 Å². The lowest BCUT2D eigenvalue weighted by atomic mass is 10.2. The van der Waals surface area contributed by atoms with E-state index < -0.39 is 34.1 Å². The van der Waals surface area contributed by atoms with Gasteiger partial charge >= 0.3 is 5.97 Å². The number of hydrogen-bond donors (Lipinski definition) is 3. The van der Waals surface area contributed by atoms with Crippen molar-refractivity contribution in [1.82, 2.24) is 0 Å². The van der Waals surface area contributed by atoms with Crippen molar-refractivity contribution in [2.45, 2.75) is 29.9 Å². The lowest BCUT2D eigenvalue weighted by molar-refractivity contribution is -0.150. The summed E-state index contributed by atoms with van der Waals surface area (Å²) in [4.78, 5) is 22.5. The summed E-state index contributed by atoms with van der Waals surface area (Å²) < 4.78 is 27.9. The van der Waals surface area contributed by atoms with Crippen LogP contribution in [0.1, 0.15) is 12.8 Å². The molecule has 1 amide bonds. The quantitative estimate of drug-likeness (QED) is 0.710. The van der Waals surface area contributed by atoms with E-state index in [4.69, 9.17) is 15.0 Å². The molecule has 9 heteroatoms. The van der Waals surface area contributed by atoms with Gasteiger partial charge in [0.15, 0.2) is 6.10 Å². The third-order valence-electron chi connectivity index (χ3n) is 3.04. The highest BCUT2D eigenvalue weighted by atomic mass is 32.2. The minimum atomic E-state index is -3.98. The van der Waals surface area contributed by atoms with E-state index in [1.54, 1.807) is 6.07 Å². The number of rotatable bonds is 4. The molecule has 114 valence electrons. The van der Waals surface area contributed by atoms with Crippen LogP contribution in [0.25, 0.3) is 0 Å². The van der Waals surface area contributed by atoms with Gasteiger partial charge in [-0.15, -0.1) is 0 Å². The molecule has 0 unspecified atom stereocenters. The van der Waals surface area contributed by atoms with E-state index in [-0.39, 0.29) is 23.4 Å². The minimum absolute atomic E-state index is 0.0346. The van der Waals surface area contributed by atoms with Gasteiger partial charge in [0, 0.05) is 0 Å². The van der Waals surface area contributed by atoms with Crippen LogP contribution in [0.3, 0.4) is 0 Å². The second-order valence-corrected chi connectivity index (χ2v) is 6.09. The number of nitrogens with two attached hydrogens (primary N) is 1. The molecule has 1 fully saturated rings. The van der Waals surface area contributed by atoms with Crippen LogP contribution in [0, 0.1) is 0 Å². The first-order chi connectivity index (χ1) is 9.79. The van der Waals surface area contributed by atoms with Crippen molar-refractivity contribution in [3.63, 3.8) is 0 Å². The van der Waals surface area contributed by atoms with Crippen molar-refractivity contribution in [3.8, 4) is 0 Å². The highest BCUT2D eigenvalue weighted by Gasteiger charge is 2.35. The number of carboxylic acids is 1. The van der Waals surface area contributed by atoms with Gasteiger partial charge in [-0.1, -0.05) is 12.1 Å². The second-order valence-electron chi connectivity index (χ2n) is 4.56. The highest BCUT2D eigenvalue weighted by Crippen LogP contribution is 2.24. The van der Waals surface area contributed by atoms with Crippen molar-refractivity contribution in [3.05, 3.63) is 24.3 Å². The maximum absolute atomic E-state index is 12.0. The molecule has 0 saturated carbocycles. The first-order valence-corrected chi connectivity index (χ1v) is 7.64. The van der Waals surface area contributed by atoms with Crippen LogP contribution in [0.2, 0.25) is 0 Å². The predicted molar refractivity (Wildman–Crippen MR) is 72.0 cm³/mol. The first kappa shape index (κ1) is 15.4. The molecule has 0 aliphatic carbocycles. The van der Waals surface area contributed by atoms with Crippen LogP contribution >= 0.6 is 0 Å². The average molecular weight is 314 g/mol. The van der Waals surface area contributed by atoms with Crippen molar-refractivity contribution in [1.29, 1.82) is 0 Å². The molecule has 1 aromatic rings. The molecular formula is C12H14N2O6S. The first-order valence-electron chi connectivity index (χ1n) is 6.10. The van der Waals surface area contributed by atoms with Gasteiger partial charge in [0.2, 0.25) is 10.0 Å². The van der Waals surface area contributed by atoms with Crippen molar-refractivity contribution < 1.29 is 27.9 Å². The fourth-order valence-electron chi connectivity index (χ4n) is 2.04. The number of hydrogen-bond acceptors (Lipinski definition) is 5. The standard InChI is InChI=1S/C12H14N2O6S/c13-21(18,19)10-4-2-1-3-7(10)14-11(15)8-5-6-9(20-8)12(16)17/h1-4,8-9H,5-6H2,(H,14,15)(H,16,17)(H2,13,18,19)/t8-,9+/m0/s1. The third kappa shape index (κ3) is 3.57. The molecule has 1 aromatic carbocycles. The molecule has 4 N–H and O–H groups in total. The topological polar surface area (TPSA) is 136 Å². The van der Waals surface area contributed by atoms with Crippen molar-refractivity contribution >= 4 is 27.6 Å². The smallest absolute Gasteiger partial charge is 0.332 e. The monoisotopic (exact) mass is 314 g/mol. The fraction of sp³-hybridized carbons (Fsp3) is 0.333. The Balaban J connectivity index is 2.13. The SMILES string of the molecule is NS(=O)(=O)c1ccccc1NC(=O)[C@@H]1CC[C@H](C(=O)O)O1.